The van der Waals surface area contributed by atoms with Gasteiger partial charge in [-0.3, -0.25) is 4.90 Å². The molecule has 0 unspecified atom stereocenters. The van der Waals surface area contributed by atoms with E-state index >= 15 is 0 Å². The van der Waals surface area contributed by atoms with E-state index in [2.05, 4.69) is 5.32 Å². The van der Waals surface area contributed by atoms with Crippen LogP contribution in [0.15, 0.2) is 30.3 Å². The molecule has 0 saturated carbocycles. The van der Waals surface area contributed by atoms with Gasteiger partial charge in [0.25, 0.3) is 0 Å². The van der Waals surface area contributed by atoms with Crippen LogP contribution in [-0.2, 0) is 11.3 Å². The van der Waals surface area contributed by atoms with Crippen LogP contribution < -0.4 is 5.32 Å². The van der Waals surface area contributed by atoms with Gasteiger partial charge in [-0.05, 0) is 5.56 Å². The Kier molecular flexibility index (Phi) is 4.52. The number of hydrogen-bond acceptors (Lipinski definition) is 3. The Morgan fingerprint density at radius 3 is 2.78 bits per heavy atom. The van der Waals surface area contributed by atoms with Crippen molar-refractivity contribution in [3.05, 3.63) is 35.9 Å². The van der Waals surface area contributed by atoms with Gasteiger partial charge in [-0.2, -0.15) is 0 Å². The van der Waals surface area contributed by atoms with Crippen molar-refractivity contribution in [1.29, 1.82) is 0 Å². The molecule has 1 fully saturated rings. The Labute approximate surface area is 106 Å². The lowest BCUT2D eigenvalue weighted by Crippen LogP contribution is -2.50. The number of ether oxygens (including phenoxy) is 1. The number of alkyl halides is 1. The third kappa shape index (κ3) is 4.00. The quantitative estimate of drug-likeness (QED) is 0.864. The highest BCUT2D eigenvalue weighted by Crippen LogP contribution is 2.09. The summed E-state index contributed by atoms with van der Waals surface area (Å²) in [4.78, 5) is 13.3. The summed E-state index contributed by atoms with van der Waals surface area (Å²) in [7, 11) is 0. The Bertz CT molecular complexity index is 380. The second kappa shape index (κ2) is 6.35. The topological polar surface area (TPSA) is 41.6 Å². The molecule has 0 aromatic heterocycles. The van der Waals surface area contributed by atoms with Gasteiger partial charge in [0.2, 0.25) is 0 Å². The zero-order chi connectivity index (χ0) is 12.8. The van der Waals surface area contributed by atoms with Crippen LogP contribution in [0.5, 0.6) is 0 Å². The molecule has 4 nitrogen and oxygen atoms in total. The molecular weight excluding hydrogens is 235 g/mol. The van der Waals surface area contributed by atoms with Crippen molar-refractivity contribution in [3.63, 3.8) is 0 Å². The molecule has 0 spiro atoms. The highest BCUT2D eigenvalue weighted by Gasteiger charge is 2.25. The number of carbonyl (C=O) groups excluding carboxylic acids is 1. The fourth-order valence-corrected chi connectivity index (χ4v) is 1.78. The van der Waals surface area contributed by atoms with Gasteiger partial charge < -0.3 is 10.1 Å². The fourth-order valence-electron chi connectivity index (χ4n) is 1.78. The van der Waals surface area contributed by atoms with Gasteiger partial charge in [-0.25, -0.2) is 9.18 Å². The molecule has 2 rings (SSSR count). The number of nitrogens with zero attached hydrogens (tertiary/aromatic N) is 1. The first-order chi connectivity index (χ1) is 8.74. The first-order valence-electron chi connectivity index (χ1n) is 6.05. The number of benzene rings is 1. The maximum Gasteiger partial charge on any atom is 0.407 e. The van der Waals surface area contributed by atoms with Crippen LogP contribution in [0.3, 0.4) is 0 Å². The molecule has 0 aliphatic carbocycles. The van der Waals surface area contributed by atoms with Crippen LogP contribution >= 0.6 is 0 Å². The number of alkyl carbamates (subject to hydrolysis) is 1. The van der Waals surface area contributed by atoms with Gasteiger partial charge in [-0.15, -0.1) is 0 Å². The average molecular weight is 252 g/mol. The third-order valence-corrected chi connectivity index (χ3v) is 2.82. The van der Waals surface area contributed by atoms with Crippen molar-refractivity contribution in [2.24, 2.45) is 0 Å². The predicted molar refractivity (Wildman–Crippen MR) is 66.0 cm³/mol. The maximum atomic E-state index is 12.5. The summed E-state index contributed by atoms with van der Waals surface area (Å²) < 4.78 is 17.5. The molecule has 1 aliphatic rings. The largest absolute Gasteiger partial charge is 0.445 e. The molecule has 98 valence electrons. The van der Waals surface area contributed by atoms with E-state index in [1.807, 2.05) is 35.2 Å². The normalized spacial score (nSPS) is 16.1. The van der Waals surface area contributed by atoms with Gasteiger partial charge in [0.05, 0.1) is 0 Å². The summed E-state index contributed by atoms with van der Waals surface area (Å²) >= 11 is 0. The highest BCUT2D eigenvalue weighted by molar-refractivity contribution is 5.67. The Balaban J connectivity index is 1.55. The Hall–Kier alpha value is -1.62. The van der Waals surface area contributed by atoms with Gasteiger partial charge in [0.1, 0.15) is 12.8 Å². The zero-order valence-electron chi connectivity index (χ0n) is 10.1. The van der Waals surface area contributed by atoms with E-state index in [-0.39, 0.29) is 6.61 Å². The first-order valence-corrected chi connectivity index (χ1v) is 6.05. The van der Waals surface area contributed by atoms with Crippen molar-refractivity contribution in [3.8, 4) is 0 Å². The van der Waals surface area contributed by atoms with Crippen molar-refractivity contribution in [2.75, 3.05) is 26.2 Å². The van der Waals surface area contributed by atoms with Crippen LogP contribution in [0.1, 0.15) is 5.56 Å². The minimum Gasteiger partial charge on any atom is -0.445 e. The number of amides is 1. The summed E-state index contributed by atoms with van der Waals surface area (Å²) in [6.07, 6.45) is -1.13. The van der Waals surface area contributed by atoms with E-state index in [1.54, 1.807) is 0 Å². The van der Waals surface area contributed by atoms with Crippen molar-refractivity contribution in [1.82, 2.24) is 10.2 Å². The fraction of sp³-hybridized carbons (Fsp3) is 0.462. The zero-order valence-corrected chi connectivity index (χ0v) is 10.1. The number of likely N-dealkylation sites (tertiary alicyclic amines) is 1. The average Bonchev–Trinajstić information content (AvgIpc) is 2.35. The summed E-state index contributed by atoms with van der Waals surface area (Å²) in [5.41, 5.74) is 0.954. The lowest BCUT2D eigenvalue weighted by atomic mass is 10.2. The maximum absolute atomic E-state index is 12.5. The van der Waals surface area contributed by atoms with Crippen LogP contribution in [0, 0.1) is 0 Å². The Morgan fingerprint density at radius 1 is 1.39 bits per heavy atom. The van der Waals surface area contributed by atoms with Gasteiger partial charge in [0, 0.05) is 26.2 Å². The van der Waals surface area contributed by atoms with Gasteiger partial charge in [0.15, 0.2) is 0 Å². The first kappa shape index (κ1) is 12.8. The number of carbonyl (C=O) groups is 1. The molecule has 1 aromatic carbocycles. The molecule has 1 N–H and O–H groups in total. The van der Waals surface area contributed by atoms with E-state index < -0.39 is 12.3 Å². The number of nitrogens with one attached hydrogen (secondary N) is 1. The van der Waals surface area contributed by atoms with Crippen LogP contribution in [0.4, 0.5) is 9.18 Å². The molecule has 18 heavy (non-hydrogen) atoms. The van der Waals surface area contributed by atoms with Crippen molar-refractivity contribution >= 4 is 6.09 Å². The third-order valence-electron chi connectivity index (χ3n) is 2.82. The number of halogens is 1. The summed E-state index contributed by atoms with van der Waals surface area (Å²) in [6, 6.07) is 9.50. The lowest BCUT2D eigenvalue weighted by Gasteiger charge is -2.34. The van der Waals surface area contributed by atoms with Crippen LogP contribution in [0.2, 0.25) is 0 Å². The minimum absolute atomic E-state index is 0.267. The van der Waals surface area contributed by atoms with Crippen molar-refractivity contribution < 1.29 is 13.9 Å². The standard InChI is InChI=1S/C13H17FN2O2/c14-12-8-16(9-12)7-6-15-13(17)18-10-11-4-2-1-3-5-11/h1-5,12H,6-10H2,(H,15,17). The number of hydrogen-bond donors (Lipinski definition) is 1. The molecule has 1 saturated heterocycles. The summed E-state index contributed by atoms with van der Waals surface area (Å²) in [6.45, 7) is 2.37. The summed E-state index contributed by atoms with van der Waals surface area (Å²) in [5.74, 6) is 0. The SMILES string of the molecule is O=C(NCCN1CC(F)C1)OCc1ccccc1. The predicted octanol–water partition coefficient (Wildman–Crippen LogP) is 1.57. The molecule has 1 aliphatic heterocycles. The van der Waals surface area contributed by atoms with Gasteiger partial charge in [-0.1, -0.05) is 30.3 Å². The molecule has 0 atom stereocenters. The van der Waals surface area contributed by atoms with Crippen molar-refractivity contribution in [2.45, 2.75) is 12.8 Å². The minimum atomic E-state index is -0.699. The highest BCUT2D eigenvalue weighted by atomic mass is 19.1. The second-order valence-corrected chi connectivity index (χ2v) is 4.35. The van der Waals surface area contributed by atoms with Gasteiger partial charge >= 0.3 is 6.09 Å². The van der Waals surface area contributed by atoms with E-state index in [4.69, 9.17) is 4.74 Å². The Morgan fingerprint density at radius 2 is 2.11 bits per heavy atom. The van der Waals surface area contributed by atoms with E-state index in [0.29, 0.717) is 26.2 Å². The molecular formula is C13H17FN2O2. The summed E-state index contributed by atoms with van der Waals surface area (Å²) in [5, 5.41) is 2.64. The molecule has 0 radical (unpaired) electrons. The van der Waals surface area contributed by atoms with E-state index in [0.717, 1.165) is 5.56 Å². The second-order valence-electron chi connectivity index (χ2n) is 4.35. The molecule has 1 aromatic rings. The lowest BCUT2D eigenvalue weighted by molar-refractivity contribution is 0.0659. The van der Waals surface area contributed by atoms with Crippen LogP contribution in [-0.4, -0.2) is 43.3 Å². The molecule has 1 heterocycles. The smallest absolute Gasteiger partial charge is 0.407 e. The molecule has 1 amide bonds. The van der Waals surface area contributed by atoms with Crippen LogP contribution in [0.25, 0.3) is 0 Å². The van der Waals surface area contributed by atoms with E-state index in [9.17, 15) is 9.18 Å². The molecule has 0 bridgehead atoms. The van der Waals surface area contributed by atoms with E-state index in [1.165, 1.54) is 0 Å². The molecule has 5 heteroatoms. The monoisotopic (exact) mass is 252 g/mol. The number of rotatable bonds is 5.